The summed E-state index contributed by atoms with van der Waals surface area (Å²) in [5.74, 6) is -7.57. The third-order valence-corrected chi connectivity index (χ3v) is 4.21. The van der Waals surface area contributed by atoms with E-state index in [0.717, 1.165) is 13.8 Å². The Morgan fingerprint density at radius 2 is 1.04 bits per heavy atom. The van der Waals surface area contributed by atoms with Crippen LogP contribution in [-0.2, 0) is 38.1 Å². The van der Waals surface area contributed by atoms with Gasteiger partial charge in [0.05, 0.1) is 0 Å². The Morgan fingerprint density at radius 3 is 1.21 bits per heavy atom. The fraction of sp³-hybridized carbons (Fsp3) is 0.500. The molecule has 2 atom stereocenters. The number of cyclic esters (lactones) is 2. The van der Waals surface area contributed by atoms with E-state index >= 15 is 0 Å². The van der Waals surface area contributed by atoms with E-state index in [1.54, 1.807) is 0 Å². The highest BCUT2D eigenvalue weighted by Gasteiger charge is 2.72. The first kappa shape index (κ1) is 17.7. The Morgan fingerprint density at radius 1 is 0.750 bits per heavy atom. The van der Waals surface area contributed by atoms with Gasteiger partial charge in [-0.05, 0) is 27.7 Å². The SMILES string of the molecule is CC(=O)O[C@]1([C@@]2(OC(C)=O)OC(=O)C(C)=C2C)OC(=O)C(C)=C1C. The number of ether oxygens (including phenoxy) is 4. The van der Waals surface area contributed by atoms with Crippen molar-refractivity contribution in [2.24, 2.45) is 0 Å². The minimum atomic E-state index is -2.21. The van der Waals surface area contributed by atoms with Crippen LogP contribution >= 0.6 is 0 Å². The third kappa shape index (κ3) is 2.21. The monoisotopic (exact) mass is 338 g/mol. The van der Waals surface area contributed by atoms with Crippen molar-refractivity contribution < 1.29 is 38.1 Å². The molecule has 0 saturated heterocycles. The van der Waals surface area contributed by atoms with Crippen LogP contribution in [0.25, 0.3) is 0 Å². The second kappa shape index (κ2) is 5.47. The van der Waals surface area contributed by atoms with Crippen molar-refractivity contribution in [2.45, 2.75) is 53.1 Å². The van der Waals surface area contributed by atoms with E-state index in [1.807, 2.05) is 0 Å². The predicted octanol–water partition coefficient (Wildman–Crippen LogP) is 1.29. The van der Waals surface area contributed by atoms with Crippen LogP contribution in [0.4, 0.5) is 0 Å². The van der Waals surface area contributed by atoms with Gasteiger partial charge in [-0.3, -0.25) is 9.59 Å². The van der Waals surface area contributed by atoms with Gasteiger partial charge in [0.2, 0.25) is 0 Å². The van der Waals surface area contributed by atoms with Crippen molar-refractivity contribution in [3.8, 4) is 0 Å². The van der Waals surface area contributed by atoms with Gasteiger partial charge < -0.3 is 18.9 Å². The molecule has 8 heteroatoms. The Hall–Kier alpha value is -2.64. The third-order valence-electron chi connectivity index (χ3n) is 4.21. The molecule has 2 rings (SSSR count). The Balaban J connectivity index is 2.79. The van der Waals surface area contributed by atoms with Gasteiger partial charge in [0.1, 0.15) is 0 Å². The average Bonchev–Trinajstić information content (AvgIpc) is 2.81. The molecule has 0 saturated carbocycles. The first-order valence-corrected chi connectivity index (χ1v) is 7.20. The summed E-state index contributed by atoms with van der Waals surface area (Å²) >= 11 is 0. The van der Waals surface area contributed by atoms with Crippen molar-refractivity contribution in [1.29, 1.82) is 0 Å². The molecule has 2 heterocycles. The van der Waals surface area contributed by atoms with Gasteiger partial charge in [0.25, 0.3) is 0 Å². The minimum Gasteiger partial charge on any atom is -0.411 e. The quantitative estimate of drug-likeness (QED) is 0.709. The van der Waals surface area contributed by atoms with Gasteiger partial charge in [-0.15, -0.1) is 0 Å². The van der Waals surface area contributed by atoms with Gasteiger partial charge in [0.15, 0.2) is 0 Å². The van der Waals surface area contributed by atoms with Crippen molar-refractivity contribution >= 4 is 23.9 Å². The maximum absolute atomic E-state index is 12.1. The lowest BCUT2D eigenvalue weighted by atomic mass is 9.90. The van der Waals surface area contributed by atoms with Crippen molar-refractivity contribution in [1.82, 2.24) is 0 Å². The first-order chi connectivity index (χ1) is 11.0. The molecule has 2 aliphatic heterocycles. The summed E-state index contributed by atoms with van der Waals surface area (Å²) in [5.41, 5.74) is 0.670. The molecular formula is C16H18O8. The van der Waals surface area contributed by atoms with E-state index in [1.165, 1.54) is 27.7 Å². The van der Waals surface area contributed by atoms with Crippen molar-refractivity contribution in [2.75, 3.05) is 0 Å². The fourth-order valence-electron chi connectivity index (χ4n) is 2.73. The average molecular weight is 338 g/mol. The van der Waals surface area contributed by atoms with Gasteiger partial charge in [0, 0.05) is 36.1 Å². The molecule has 2 aliphatic rings. The normalized spacial score (nSPS) is 29.6. The van der Waals surface area contributed by atoms with Crippen LogP contribution in [0.15, 0.2) is 22.3 Å². The summed E-state index contributed by atoms with van der Waals surface area (Å²) in [6, 6.07) is 0. The summed E-state index contributed by atoms with van der Waals surface area (Å²) < 4.78 is 21.1. The van der Waals surface area contributed by atoms with E-state index in [-0.39, 0.29) is 22.3 Å². The summed E-state index contributed by atoms with van der Waals surface area (Å²) in [7, 11) is 0. The van der Waals surface area contributed by atoms with Crippen LogP contribution in [0, 0.1) is 0 Å². The van der Waals surface area contributed by atoms with Gasteiger partial charge in [-0.25, -0.2) is 9.59 Å². The highest BCUT2D eigenvalue weighted by atomic mass is 16.8. The van der Waals surface area contributed by atoms with E-state index < -0.39 is 35.5 Å². The lowest BCUT2D eigenvalue weighted by Crippen LogP contribution is -2.61. The lowest BCUT2D eigenvalue weighted by molar-refractivity contribution is -0.323. The van der Waals surface area contributed by atoms with Crippen molar-refractivity contribution in [3.63, 3.8) is 0 Å². The standard InChI is InChI=1S/C16H18O8/c1-7-9(3)15(21-11(5)17,23-13(7)19)16(22-12(6)18)10(4)8(2)14(20)24-16/h1-6H3/t15-,16-/m0/s1. The molecule has 0 bridgehead atoms. The van der Waals surface area contributed by atoms with Crippen LogP contribution < -0.4 is 0 Å². The van der Waals surface area contributed by atoms with Crippen LogP contribution in [0.2, 0.25) is 0 Å². The first-order valence-electron chi connectivity index (χ1n) is 7.20. The predicted molar refractivity (Wildman–Crippen MR) is 77.9 cm³/mol. The maximum atomic E-state index is 12.1. The molecule has 0 amide bonds. The molecule has 0 aromatic rings. The van der Waals surface area contributed by atoms with Gasteiger partial charge in [-0.2, -0.15) is 0 Å². The van der Waals surface area contributed by atoms with E-state index in [2.05, 4.69) is 0 Å². The molecule has 0 aromatic carbocycles. The Kier molecular flexibility index (Phi) is 4.03. The molecule has 0 aliphatic carbocycles. The second-order valence-electron chi connectivity index (χ2n) is 5.70. The smallest absolute Gasteiger partial charge is 0.363 e. The van der Waals surface area contributed by atoms with E-state index in [9.17, 15) is 19.2 Å². The molecule has 0 N–H and O–H groups in total. The zero-order valence-electron chi connectivity index (χ0n) is 14.3. The number of carbonyl (C=O) groups excluding carboxylic acids is 4. The van der Waals surface area contributed by atoms with Gasteiger partial charge >= 0.3 is 35.5 Å². The highest BCUT2D eigenvalue weighted by Crippen LogP contribution is 2.51. The number of hydrogen-bond donors (Lipinski definition) is 0. The maximum Gasteiger partial charge on any atom is 0.363 e. The number of carbonyl (C=O) groups is 4. The summed E-state index contributed by atoms with van der Waals surface area (Å²) in [6.07, 6.45) is 0. The molecular weight excluding hydrogens is 320 g/mol. The summed E-state index contributed by atoms with van der Waals surface area (Å²) in [4.78, 5) is 47.5. The van der Waals surface area contributed by atoms with Crippen LogP contribution in [0.1, 0.15) is 41.5 Å². The van der Waals surface area contributed by atoms with Gasteiger partial charge in [-0.1, -0.05) is 0 Å². The van der Waals surface area contributed by atoms with Crippen LogP contribution in [0.5, 0.6) is 0 Å². The molecule has 130 valence electrons. The Bertz CT molecular complexity index is 666. The molecule has 8 nitrogen and oxygen atoms in total. The molecule has 0 spiro atoms. The van der Waals surface area contributed by atoms with E-state index in [0.29, 0.717) is 0 Å². The molecule has 24 heavy (non-hydrogen) atoms. The topological polar surface area (TPSA) is 105 Å². The van der Waals surface area contributed by atoms with Crippen LogP contribution in [0.3, 0.4) is 0 Å². The highest BCUT2D eigenvalue weighted by molar-refractivity contribution is 5.95. The molecule has 0 fully saturated rings. The summed E-state index contributed by atoms with van der Waals surface area (Å²) in [6.45, 7) is 8.08. The fourth-order valence-corrected chi connectivity index (χ4v) is 2.73. The van der Waals surface area contributed by atoms with E-state index in [4.69, 9.17) is 18.9 Å². The number of rotatable bonds is 3. The molecule has 0 aromatic heterocycles. The minimum absolute atomic E-state index is 0.163. The zero-order valence-corrected chi connectivity index (χ0v) is 14.3. The largest absolute Gasteiger partial charge is 0.411 e. The summed E-state index contributed by atoms with van der Waals surface area (Å²) in [5, 5.41) is 0. The van der Waals surface area contributed by atoms with Crippen LogP contribution in [-0.4, -0.2) is 35.5 Å². The van der Waals surface area contributed by atoms with Crippen molar-refractivity contribution in [3.05, 3.63) is 22.3 Å². The Labute approximate surface area is 138 Å². The molecule has 0 unspecified atom stereocenters. The molecule has 0 radical (unpaired) electrons. The zero-order chi connectivity index (χ0) is 18.4. The lowest BCUT2D eigenvalue weighted by Gasteiger charge is -2.41. The second-order valence-corrected chi connectivity index (χ2v) is 5.70. The number of hydrogen-bond acceptors (Lipinski definition) is 8. The number of esters is 4.